The summed E-state index contributed by atoms with van der Waals surface area (Å²) in [5, 5.41) is 18.8. The van der Waals surface area contributed by atoms with Crippen LogP contribution in [0.5, 0.6) is 0 Å². The normalized spacial score (nSPS) is 20.5. The summed E-state index contributed by atoms with van der Waals surface area (Å²) in [4.78, 5) is 2.24. The molecule has 1 N–H and O–H groups in total. The number of halogens is 1. The molecule has 1 saturated heterocycles. The molecule has 1 aromatic carbocycles. The van der Waals surface area contributed by atoms with Gasteiger partial charge in [0.2, 0.25) is 0 Å². The highest BCUT2D eigenvalue weighted by molar-refractivity contribution is 6.30. The molecule has 2 atom stereocenters. The van der Waals surface area contributed by atoms with Gasteiger partial charge >= 0.3 is 0 Å². The molecule has 6 nitrogen and oxygen atoms in total. The summed E-state index contributed by atoms with van der Waals surface area (Å²) >= 11 is 5.99. The minimum absolute atomic E-state index is 0.0730. The average Bonchev–Trinajstić information content (AvgIpc) is 3.00. The summed E-state index contributed by atoms with van der Waals surface area (Å²) in [6, 6.07) is 7.64. The van der Waals surface area contributed by atoms with Crippen molar-refractivity contribution in [2.45, 2.75) is 25.2 Å². The lowest BCUT2D eigenvalue weighted by Gasteiger charge is -2.34. The largest absolute Gasteiger partial charge is 0.391 e. The number of β-amino-alcohol motifs (C(OH)–C–C–N with tert-alkyl or cyclic N) is 1. The Balaban J connectivity index is 1.48. The first-order valence-electron chi connectivity index (χ1n) is 7.79. The maximum Gasteiger partial charge on any atom is 0.0898 e. The van der Waals surface area contributed by atoms with Crippen LogP contribution in [0.15, 0.2) is 36.7 Å². The smallest absolute Gasteiger partial charge is 0.0898 e. The number of aromatic nitrogens is 3. The van der Waals surface area contributed by atoms with Crippen LogP contribution in [0.2, 0.25) is 5.02 Å². The van der Waals surface area contributed by atoms with E-state index in [1.54, 1.807) is 10.9 Å². The Hall–Kier alpha value is -1.47. The van der Waals surface area contributed by atoms with Gasteiger partial charge in [0.15, 0.2) is 0 Å². The van der Waals surface area contributed by atoms with Crippen LogP contribution >= 0.6 is 11.6 Å². The Kier molecular flexibility index (Phi) is 5.61. The van der Waals surface area contributed by atoms with E-state index < -0.39 is 6.10 Å². The van der Waals surface area contributed by atoms with Crippen molar-refractivity contribution in [3.63, 3.8) is 0 Å². The first-order valence-corrected chi connectivity index (χ1v) is 8.17. The number of benzene rings is 1. The number of aliphatic hydroxyl groups excluding tert-OH is 1. The van der Waals surface area contributed by atoms with Crippen molar-refractivity contribution in [3.8, 4) is 0 Å². The van der Waals surface area contributed by atoms with Gasteiger partial charge < -0.3 is 9.84 Å². The lowest BCUT2D eigenvalue weighted by Crippen LogP contribution is -2.47. The fourth-order valence-electron chi connectivity index (χ4n) is 2.89. The van der Waals surface area contributed by atoms with Crippen molar-refractivity contribution in [1.82, 2.24) is 19.9 Å². The molecule has 0 saturated carbocycles. The summed E-state index contributed by atoms with van der Waals surface area (Å²) in [7, 11) is 0. The zero-order chi connectivity index (χ0) is 16.1. The van der Waals surface area contributed by atoms with E-state index in [0.717, 1.165) is 18.7 Å². The SMILES string of the molecule is OC(Cc1cccc(Cl)c1)CN1CCOC(Cn2ccnn2)C1. The minimum Gasteiger partial charge on any atom is -0.391 e. The van der Waals surface area contributed by atoms with E-state index in [-0.39, 0.29) is 6.10 Å². The van der Waals surface area contributed by atoms with Crippen molar-refractivity contribution in [3.05, 3.63) is 47.2 Å². The number of aliphatic hydroxyl groups is 1. The molecule has 1 aromatic heterocycles. The van der Waals surface area contributed by atoms with Gasteiger partial charge in [-0.15, -0.1) is 5.10 Å². The van der Waals surface area contributed by atoms with Gasteiger partial charge in [-0.2, -0.15) is 0 Å². The zero-order valence-electron chi connectivity index (χ0n) is 12.9. The first kappa shape index (κ1) is 16.4. The molecular formula is C16H21ClN4O2. The fraction of sp³-hybridized carbons (Fsp3) is 0.500. The van der Waals surface area contributed by atoms with Gasteiger partial charge in [0, 0.05) is 30.9 Å². The van der Waals surface area contributed by atoms with Crippen molar-refractivity contribution in [2.75, 3.05) is 26.2 Å². The second-order valence-corrected chi connectivity index (χ2v) is 6.30. The third kappa shape index (κ3) is 5.00. The Labute approximate surface area is 140 Å². The maximum atomic E-state index is 10.3. The van der Waals surface area contributed by atoms with Gasteiger partial charge in [-0.05, 0) is 24.1 Å². The molecule has 2 heterocycles. The molecule has 3 rings (SSSR count). The van der Waals surface area contributed by atoms with Crippen molar-refractivity contribution >= 4 is 11.6 Å². The Bertz CT molecular complexity index is 608. The van der Waals surface area contributed by atoms with Crippen LogP contribution in [0.25, 0.3) is 0 Å². The van der Waals surface area contributed by atoms with Gasteiger partial charge in [0.1, 0.15) is 0 Å². The summed E-state index contributed by atoms with van der Waals surface area (Å²) in [6.45, 7) is 3.60. The third-order valence-corrected chi connectivity index (χ3v) is 4.15. The van der Waals surface area contributed by atoms with Gasteiger partial charge in [-0.3, -0.25) is 4.90 Å². The number of hydrogen-bond acceptors (Lipinski definition) is 5. The van der Waals surface area contributed by atoms with Gasteiger partial charge in [-0.25, -0.2) is 4.68 Å². The highest BCUT2D eigenvalue weighted by Gasteiger charge is 2.23. The summed E-state index contributed by atoms with van der Waals surface area (Å²) in [5.74, 6) is 0. The van der Waals surface area contributed by atoms with E-state index in [1.165, 1.54) is 0 Å². The Morgan fingerprint density at radius 3 is 3.13 bits per heavy atom. The molecule has 124 valence electrons. The molecule has 0 spiro atoms. The lowest BCUT2D eigenvalue weighted by molar-refractivity contribution is -0.0483. The van der Waals surface area contributed by atoms with E-state index in [2.05, 4.69) is 15.2 Å². The van der Waals surface area contributed by atoms with Gasteiger partial charge in [-0.1, -0.05) is 28.9 Å². The van der Waals surface area contributed by atoms with E-state index >= 15 is 0 Å². The van der Waals surface area contributed by atoms with Gasteiger partial charge in [0.25, 0.3) is 0 Å². The van der Waals surface area contributed by atoms with Crippen LogP contribution in [0, 0.1) is 0 Å². The highest BCUT2D eigenvalue weighted by Crippen LogP contribution is 2.14. The molecule has 1 fully saturated rings. The van der Waals surface area contributed by atoms with Crippen molar-refractivity contribution in [1.29, 1.82) is 0 Å². The van der Waals surface area contributed by atoms with Crippen LogP contribution in [0.1, 0.15) is 5.56 Å². The van der Waals surface area contributed by atoms with E-state index in [1.807, 2.05) is 30.5 Å². The Morgan fingerprint density at radius 1 is 1.43 bits per heavy atom. The lowest BCUT2D eigenvalue weighted by atomic mass is 10.1. The Morgan fingerprint density at radius 2 is 2.35 bits per heavy atom. The number of rotatable bonds is 6. The summed E-state index contributed by atoms with van der Waals surface area (Å²) < 4.78 is 7.54. The van der Waals surface area contributed by atoms with Crippen LogP contribution in [0.3, 0.4) is 0 Å². The third-order valence-electron chi connectivity index (χ3n) is 3.91. The molecular weight excluding hydrogens is 316 g/mol. The van der Waals surface area contributed by atoms with Crippen LogP contribution in [-0.2, 0) is 17.7 Å². The standard InChI is InChI=1S/C16H21ClN4O2/c17-14-3-1-2-13(8-14)9-15(22)10-20-6-7-23-16(11-20)12-21-5-4-18-19-21/h1-5,8,15-16,22H,6-7,9-12H2. The zero-order valence-corrected chi connectivity index (χ0v) is 13.6. The van der Waals surface area contributed by atoms with Crippen LogP contribution in [-0.4, -0.2) is 63.4 Å². The monoisotopic (exact) mass is 336 g/mol. The number of hydrogen-bond donors (Lipinski definition) is 1. The maximum absolute atomic E-state index is 10.3. The quantitative estimate of drug-likeness (QED) is 0.859. The average molecular weight is 337 g/mol. The fourth-order valence-corrected chi connectivity index (χ4v) is 3.11. The van der Waals surface area contributed by atoms with Crippen molar-refractivity contribution < 1.29 is 9.84 Å². The minimum atomic E-state index is -0.418. The predicted molar refractivity (Wildman–Crippen MR) is 87.4 cm³/mol. The van der Waals surface area contributed by atoms with E-state index in [9.17, 15) is 5.11 Å². The molecule has 0 aliphatic carbocycles. The van der Waals surface area contributed by atoms with Crippen LogP contribution in [0.4, 0.5) is 0 Å². The van der Waals surface area contributed by atoms with Gasteiger partial charge in [0.05, 0.1) is 31.6 Å². The number of morpholine rings is 1. The second-order valence-electron chi connectivity index (χ2n) is 5.87. The molecule has 0 bridgehead atoms. The van der Waals surface area contributed by atoms with E-state index in [0.29, 0.717) is 31.1 Å². The van der Waals surface area contributed by atoms with Crippen LogP contribution < -0.4 is 0 Å². The van der Waals surface area contributed by atoms with Crippen molar-refractivity contribution in [2.24, 2.45) is 0 Å². The summed E-state index contributed by atoms with van der Waals surface area (Å²) in [6.07, 6.45) is 3.75. The summed E-state index contributed by atoms with van der Waals surface area (Å²) in [5.41, 5.74) is 1.05. The molecule has 1 aliphatic heterocycles. The second kappa shape index (κ2) is 7.88. The molecule has 23 heavy (non-hydrogen) atoms. The number of nitrogens with zero attached hydrogens (tertiary/aromatic N) is 4. The molecule has 2 unspecified atom stereocenters. The number of ether oxygens (including phenoxy) is 1. The topological polar surface area (TPSA) is 63.4 Å². The first-order chi connectivity index (χ1) is 11.2. The molecule has 0 amide bonds. The van der Waals surface area contributed by atoms with E-state index in [4.69, 9.17) is 16.3 Å². The highest BCUT2D eigenvalue weighted by atomic mass is 35.5. The predicted octanol–water partition coefficient (Wildman–Crippen LogP) is 1.24. The molecule has 0 radical (unpaired) electrons. The molecule has 7 heteroatoms. The molecule has 1 aliphatic rings. The molecule has 2 aromatic rings.